The van der Waals surface area contributed by atoms with Gasteiger partial charge in [0, 0.05) is 36.5 Å². The van der Waals surface area contributed by atoms with Crippen molar-refractivity contribution in [2.75, 3.05) is 33.4 Å². The Balaban J connectivity index is 1.51. The van der Waals surface area contributed by atoms with Crippen LogP contribution < -0.4 is 25.7 Å². The number of ether oxygens (including phenoxy) is 2. The van der Waals surface area contributed by atoms with Gasteiger partial charge in [-0.05, 0) is 30.2 Å². The first-order valence-electron chi connectivity index (χ1n) is 15.0. The lowest BCUT2D eigenvalue weighted by atomic mass is 10.0. The lowest BCUT2D eigenvalue weighted by Crippen LogP contribution is -2.47. The van der Waals surface area contributed by atoms with Gasteiger partial charge in [0.15, 0.2) is 23.1 Å². The molecule has 0 saturated carbocycles. The first-order chi connectivity index (χ1) is 22.2. The van der Waals surface area contributed by atoms with Crippen LogP contribution in [0.5, 0.6) is 11.5 Å². The summed E-state index contributed by atoms with van der Waals surface area (Å²) in [5, 5.41) is 10.6. The summed E-state index contributed by atoms with van der Waals surface area (Å²) >= 11 is 0. The predicted molar refractivity (Wildman–Crippen MR) is 169 cm³/mol. The number of carbonyl (C=O) groups excluding carboxylic acids is 3. The number of aromatic nitrogens is 4. The van der Waals surface area contributed by atoms with Crippen LogP contribution in [0, 0.1) is 5.92 Å². The summed E-state index contributed by atoms with van der Waals surface area (Å²) in [6, 6.07) is 18.4. The second-order valence-corrected chi connectivity index (χ2v) is 11.1. The van der Waals surface area contributed by atoms with E-state index in [1.54, 1.807) is 35.0 Å². The molecule has 0 unspecified atom stereocenters. The number of hydrogen-bond donors (Lipinski definition) is 2. The van der Waals surface area contributed by atoms with Crippen molar-refractivity contribution in [3.05, 3.63) is 94.7 Å². The average Bonchev–Trinajstić information content (AvgIpc) is 3.47. The molecule has 3 heterocycles. The van der Waals surface area contributed by atoms with Gasteiger partial charge in [-0.3, -0.25) is 19.2 Å². The molecule has 2 aromatic heterocycles. The van der Waals surface area contributed by atoms with E-state index in [2.05, 4.69) is 10.6 Å². The third kappa shape index (κ3) is 7.60. The van der Waals surface area contributed by atoms with Gasteiger partial charge in [0.1, 0.15) is 13.2 Å². The highest BCUT2D eigenvalue weighted by Crippen LogP contribution is 2.29. The average molecular weight is 628 g/mol. The first kappa shape index (κ1) is 31.9. The molecule has 2 bridgehead atoms. The van der Waals surface area contributed by atoms with Crippen LogP contribution in [0.3, 0.4) is 0 Å². The van der Waals surface area contributed by atoms with Crippen molar-refractivity contribution in [1.82, 2.24) is 34.9 Å². The maximum Gasteiger partial charge on any atom is 0.251 e. The topological polar surface area (TPSA) is 150 Å². The zero-order chi connectivity index (χ0) is 32.6. The van der Waals surface area contributed by atoms with E-state index in [9.17, 15) is 19.2 Å². The number of nitrogens with zero attached hydrogens (tertiary/aromatic N) is 5. The fraction of sp³-hybridized carbons (Fsp3) is 0.333. The minimum absolute atomic E-state index is 0.0276. The molecule has 13 heteroatoms. The number of fused-ring (bicyclic) bond motifs is 3. The molecular weight excluding hydrogens is 590 g/mol. The summed E-state index contributed by atoms with van der Waals surface area (Å²) in [5.41, 5.74) is 0.803. The third-order valence-electron chi connectivity index (χ3n) is 7.54. The van der Waals surface area contributed by atoms with Crippen molar-refractivity contribution in [2.24, 2.45) is 5.92 Å². The molecule has 0 radical (unpaired) electrons. The largest absolute Gasteiger partial charge is 0.493 e. The number of amides is 3. The van der Waals surface area contributed by atoms with Crippen LogP contribution in [-0.4, -0.2) is 75.3 Å². The Morgan fingerprint density at radius 1 is 1.02 bits per heavy atom. The van der Waals surface area contributed by atoms with Crippen LogP contribution >= 0.6 is 0 Å². The number of methoxy groups -OCH3 is 1. The van der Waals surface area contributed by atoms with Crippen molar-refractivity contribution in [3.63, 3.8) is 0 Å². The van der Waals surface area contributed by atoms with Crippen LogP contribution in [0.15, 0.2) is 77.7 Å². The quantitative estimate of drug-likeness (QED) is 0.342. The smallest absolute Gasteiger partial charge is 0.251 e. The zero-order valence-electron chi connectivity index (χ0n) is 26.0. The predicted octanol–water partition coefficient (Wildman–Crippen LogP) is 2.28. The number of pyridine rings is 1. The lowest BCUT2D eigenvalue weighted by molar-refractivity contribution is -0.136. The Bertz CT molecular complexity index is 1750. The van der Waals surface area contributed by atoms with Crippen molar-refractivity contribution >= 4 is 17.7 Å². The number of carbonyl (C=O) groups is 3. The molecular formula is C33H37N7O6. The van der Waals surface area contributed by atoms with Crippen LogP contribution in [0.4, 0.5) is 0 Å². The van der Waals surface area contributed by atoms with Crippen LogP contribution in [0.2, 0.25) is 0 Å². The summed E-state index contributed by atoms with van der Waals surface area (Å²) in [6.45, 7) is 3.91. The van der Waals surface area contributed by atoms with Gasteiger partial charge in [-0.1, -0.05) is 50.2 Å². The Morgan fingerprint density at radius 3 is 2.54 bits per heavy atom. The van der Waals surface area contributed by atoms with Gasteiger partial charge in [-0.25, -0.2) is 9.67 Å². The van der Waals surface area contributed by atoms with Crippen molar-refractivity contribution in [2.45, 2.75) is 33.0 Å². The Morgan fingerprint density at radius 2 is 1.80 bits per heavy atom. The summed E-state index contributed by atoms with van der Waals surface area (Å²) in [5.74, 6) is 0.493. The zero-order valence-corrected chi connectivity index (χ0v) is 26.0. The molecule has 4 aromatic rings. The van der Waals surface area contributed by atoms with E-state index < -0.39 is 17.9 Å². The highest BCUT2D eigenvalue weighted by Gasteiger charge is 2.28. The van der Waals surface area contributed by atoms with E-state index in [0.29, 0.717) is 28.7 Å². The van der Waals surface area contributed by atoms with Gasteiger partial charge < -0.3 is 29.6 Å². The van der Waals surface area contributed by atoms with Crippen molar-refractivity contribution in [1.29, 1.82) is 0 Å². The molecule has 13 nitrogen and oxygen atoms in total. The van der Waals surface area contributed by atoms with Gasteiger partial charge in [0.05, 0.1) is 26.2 Å². The van der Waals surface area contributed by atoms with Gasteiger partial charge >= 0.3 is 0 Å². The maximum absolute atomic E-state index is 13.6. The second kappa shape index (κ2) is 14.5. The highest BCUT2D eigenvalue weighted by atomic mass is 16.5. The molecule has 240 valence electrons. The number of hydrogen-bond acceptors (Lipinski definition) is 8. The van der Waals surface area contributed by atoms with Crippen molar-refractivity contribution < 1.29 is 23.9 Å². The molecule has 0 saturated heterocycles. The maximum atomic E-state index is 13.6. The molecule has 1 aliphatic rings. The summed E-state index contributed by atoms with van der Waals surface area (Å²) in [6.07, 6.45) is 1.51. The molecule has 3 amide bonds. The van der Waals surface area contributed by atoms with E-state index in [0.717, 1.165) is 5.56 Å². The van der Waals surface area contributed by atoms with Gasteiger partial charge in [0.2, 0.25) is 11.8 Å². The summed E-state index contributed by atoms with van der Waals surface area (Å²) < 4.78 is 14.5. The van der Waals surface area contributed by atoms with E-state index in [-0.39, 0.29) is 56.7 Å². The fourth-order valence-electron chi connectivity index (χ4n) is 5.09. The van der Waals surface area contributed by atoms with Gasteiger partial charge in [-0.2, -0.15) is 5.10 Å². The molecule has 0 fully saturated rings. The highest BCUT2D eigenvalue weighted by molar-refractivity contribution is 5.95. The molecule has 2 aromatic carbocycles. The Labute approximate surface area is 266 Å². The number of nitrogens with one attached hydrogen (secondary N) is 2. The monoisotopic (exact) mass is 627 g/mol. The van der Waals surface area contributed by atoms with E-state index in [4.69, 9.17) is 19.6 Å². The molecule has 46 heavy (non-hydrogen) atoms. The van der Waals surface area contributed by atoms with Gasteiger partial charge in [-0.15, -0.1) is 0 Å². The third-order valence-corrected chi connectivity index (χ3v) is 7.54. The molecule has 0 aliphatic carbocycles. The van der Waals surface area contributed by atoms with E-state index in [1.807, 2.05) is 44.2 Å². The Hall–Kier alpha value is -5.46. The molecule has 2 N–H and O–H groups in total. The summed E-state index contributed by atoms with van der Waals surface area (Å²) in [7, 11) is 1.52. The minimum atomic E-state index is -0.556. The van der Waals surface area contributed by atoms with E-state index >= 15 is 0 Å². The lowest BCUT2D eigenvalue weighted by Gasteiger charge is -2.26. The van der Waals surface area contributed by atoms with Crippen LogP contribution in [-0.2, 0) is 22.7 Å². The van der Waals surface area contributed by atoms with Crippen LogP contribution in [0.25, 0.3) is 11.4 Å². The Kier molecular flexibility index (Phi) is 10.1. The van der Waals surface area contributed by atoms with Crippen molar-refractivity contribution in [3.8, 4) is 22.9 Å². The summed E-state index contributed by atoms with van der Waals surface area (Å²) in [4.78, 5) is 58.5. The first-order valence-corrected chi connectivity index (χ1v) is 15.0. The molecule has 1 aliphatic heterocycles. The van der Waals surface area contributed by atoms with E-state index in [1.165, 1.54) is 28.8 Å². The SMILES string of the molecule is COc1ccc2cc1OCCn1nc(-c3ccccc3)nc1[C@@H](C(C)C)NC(=O)CN(C(=O)Cn1ccccc1=O)CCNC2=O. The minimum Gasteiger partial charge on any atom is -0.493 e. The van der Waals surface area contributed by atoms with Crippen LogP contribution in [0.1, 0.15) is 36.1 Å². The normalized spacial score (nSPS) is 16.1. The number of rotatable bonds is 5. The molecule has 0 spiro atoms. The molecule has 1 atom stereocenters. The fourth-order valence-corrected chi connectivity index (χ4v) is 5.09. The standard InChI is InChI=1S/C33H37N7O6/c1-22(2)30-32-36-31(23-9-5-4-6-10-23)37-40(32)17-18-46-26-19-24(12-13-25(26)45-3)33(44)34-14-16-39(20-27(41)35-30)29(43)21-38-15-8-7-11-28(38)42/h4-13,15,19,22,30H,14,16-18,20-21H2,1-3H3,(H,34,44)(H,35,41)/t30-/m1/s1. The number of benzene rings is 2. The van der Waals surface area contributed by atoms with Gasteiger partial charge in [0.25, 0.3) is 11.5 Å². The second-order valence-electron chi connectivity index (χ2n) is 11.1. The molecule has 5 rings (SSSR count).